The van der Waals surface area contributed by atoms with Crippen LogP contribution >= 0.6 is 0 Å². The van der Waals surface area contributed by atoms with Gasteiger partial charge in [0.25, 0.3) is 5.91 Å². The molecule has 1 aromatic rings. The number of hydrogen-bond acceptors (Lipinski definition) is 4. The lowest BCUT2D eigenvalue weighted by molar-refractivity contribution is 0.0243. The second kappa shape index (κ2) is 6.54. The third-order valence-electron chi connectivity index (χ3n) is 2.84. The summed E-state index contributed by atoms with van der Waals surface area (Å²) in [5, 5.41) is 12.7. The molecule has 0 saturated carbocycles. The van der Waals surface area contributed by atoms with Gasteiger partial charge in [-0.05, 0) is 37.6 Å². The summed E-state index contributed by atoms with van der Waals surface area (Å²) in [6.07, 6.45) is 0.458. The van der Waals surface area contributed by atoms with Crippen LogP contribution in [0.3, 0.4) is 0 Å². The summed E-state index contributed by atoms with van der Waals surface area (Å²) in [5.41, 5.74) is 6.69. The molecule has 0 aliphatic heterocycles. The Labute approximate surface area is 113 Å². The zero-order chi connectivity index (χ0) is 14.5. The van der Waals surface area contributed by atoms with Gasteiger partial charge in [0.1, 0.15) is 0 Å². The number of aryl methyl sites for hydroxylation is 1. The molecule has 5 heteroatoms. The molecule has 0 aliphatic carbocycles. The number of amides is 1. The standard InChI is InChI=1S/C14H22N2O3/c1-10-6-11(8-12(15)7-10)13(17)16-9-14(2,18)4-5-19-3/h6-8,18H,4-5,9,15H2,1-3H3,(H,16,17). The third-order valence-corrected chi connectivity index (χ3v) is 2.84. The van der Waals surface area contributed by atoms with Gasteiger partial charge < -0.3 is 20.9 Å². The molecule has 0 aromatic heterocycles. The zero-order valence-electron chi connectivity index (χ0n) is 11.7. The van der Waals surface area contributed by atoms with Crippen LogP contribution in [-0.4, -0.2) is 36.9 Å². The fourth-order valence-corrected chi connectivity index (χ4v) is 1.73. The van der Waals surface area contributed by atoms with Gasteiger partial charge in [0.05, 0.1) is 5.60 Å². The predicted octanol–water partition coefficient (Wildman–Crippen LogP) is 1.09. The number of methoxy groups -OCH3 is 1. The highest BCUT2D eigenvalue weighted by Gasteiger charge is 2.21. The number of nitrogen functional groups attached to an aromatic ring is 1. The van der Waals surface area contributed by atoms with Crippen molar-refractivity contribution in [2.24, 2.45) is 0 Å². The van der Waals surface area contributed by atoms with Crippen LogP contribution in [0.1, 0.15) is 29.3 Å². The van der Waals surface area contributed by atoms with Crippen LogP contribution in [0.2, 0.25) is 0 Å². The number of anilines is 1. The molecular formula is C14H22N2O3. The number of aliphatic hydroxyl groups is 1. The Morgan fingerprint density at radius 2 is 2.16 bits per heavy atom. The van der Waals surface area contributed by atoms with Crippen LogP contribution in [0.4, 0.5) is 5.69 Å². The molecule has 1 unspecified atom stereocenters. The van der Waals surface area contributed by atoms with Crippen molar-refractivity contribution in [3.63, 3.8) is 0 Å². The van der Waals surface area contributed by atoms with Crippen LogP contribution in [0, 0.1) is 6.92 Å². The summed E-state index contributed by atoms with van der Waals surface area (Å²) in [6.45, 7) is 4.15. The molecule has 0 radical (unpaired) electrons. The molecule has 0 spiro atoms. The van der Waals surface area contributed by atoms with E-state index in [1.807, 2.05) is 6.92 Å². The first-order valence-corrected chi connectivity index (χ1v) is 6.21. The molecule has 0 aliphatic rings. The minimum absolute atomic E-state index is 0.170. The maximum absolute atomic E-state index is 12.0. The molecule has 4 N–H and O–H groups in total. The molecular weight excluding hydrogens is 244 g/mol. The van der Waals surface area contributed by atoms with Crippen molar-refractivity contribution in [2.45, 2.75) is 25.9 Å². The first kappa shape index (κ1) is 15.5. The quantitative estimate of drug-likeness (QED) is 0.673. The monoisotopic (exact) mass is 266 g/mol. The summed E-state index contributed by atoms with van der Waals surface area (Å²) in [5.74, 6) is -0.243. The maximum Gasteiger partial charge on any atom is 0.251 e. The Kier molecular flexibility index (Phi) is 5.32. The van der Waals surface area contributed by atoms with Crippen LogP contribution in [0.25, 0.3) is 0 Å². The van der Waals surface area contributed by atoms with Crippen molar-refractivity contribution in [3.05, 3.63) is 29.3 Å². The van der Waals surface area contributed by atoms with E-state index in [4.69, 9.17) is 10.5 Å². The minimum Gasteiger partial charge on any atom is -0.399 e. The fourth-order valence-electron chi connectivity index (χ4n) is 1.73. The van der Waals surface area contributed by atoms with E-state index in [2.05, 4.69) is 5.32 Å². The lowest BCUT2D eigenvalue weighted by Crippen LogP contribution is -2.41. The molecule has 1 atom stereocenters. The third kappa shape index (κ3) is 5.28. The van der Waals surface area contributed by atoms with Crippen molar-refractivity contribution in [1.82, 2.24) is 5.32 Å². The summed E-state index contributed by atoms with van der Waals surface area (Å²) in [7, 11) is 1.57. The summed E-state index contributed by atoms with van der Waals surface area (Å²) >= 11 is 0. The van der Waals surface area contributed by atoms with Crippen LogP contribution in [0.5, 0.6) is 0 Å². The molecule has 5 nitrogen and oxygen atoms in total. The largest absolute Gasteiger partial charge is 0.399 e. The average molecular weight is 266 g/mol. The van der Waals surface area contributed by atoms with Crippen molar-refractivity contribution in [3.8, 4) is 0 Å². The Bertz CT molecular complexity index is 424. The molecule has 1 aromatic carbocycles. The lowest BCUT2D eigenvalue weighted by Gasteiger charge is -2.23. The SMILES string of the molecule is COCCC(C)(O)CNC(=O)c1cc(C)cc(N)c1. The molecule has 0 fully saturated rings. The summed E-state index contributed by atoms with van der Waals surface area (Å²) < 4.78 is 4.91. The number of carbonyl (C=O) groups excluding carboxylic acids is 1. The molecule has 0 bridgehead atoms. The minimum atomic E-state index is -0.985. The Morgan fingerprint density at radius 1 is 1.47 bits per heavy atom. The van der Waals surface area contributed by atoms with Gasteiger partial charge in [0, 0.05) is 37.9 Å². The van der Waals surface area contributed by atoms with Gasteiger partial charge in [0.2, 0.25) is 0 Å². The van der Waals surface area contributed by atoms with Gasteiger partial charge in [-0.25, -0.2) is 0 Å². The Balaban J connectivity index is 2.60. The molecule has 106 valence electrons. The smallest absolute Gasteiger partial charge is 0.251 e. The van der Waals surface area contributed by atoms with E-state index in [-0.39, 0.29) is 12.5 Å². The van der Waals surface area contributed by atoms with Gasteiger partial charge in [-0.2, -0.15) is 0 Å². The van der Waals surface area contributed by atoms with Gasteiger partial charge >= 0.3 is 0 Å². The van der Waals surface area contributed by atoms with E-state index < -0.39 is 5.60 Å². The van der Waals surface area contributed by atoms with Crippen LogP contribution in [0.15, 0.2) is 18.2 Å². The second-order valence-corrected chi connectivity index (χ2v) is 5.05. The van der Waals surface area contributed by atoms with E-state index in [1.54, 1.807) is 32.2 Å². The number of ether oxygens (including phenoxy) is 1. The number of carbonyl (C=O) groups is 1. The topological polar surface area (TPSA) is 84.6 Å². The average Bonchev–Trinajstić information content (AvgIpc) is 2.32. The van der Waals surface area contributed by atoms with Crippen molar-refractivity contribution >= 4 is 11.6 Å². The predicted molar refractivity (Wildman–Crippen MR) is 75.0 cm³/mol. The highest BCUT2D eigenvalue weighted by atomic mass is 16.5. The fraction of sp³-hybridized carbons (Fsp3) is 0.500. The number of benzene rings is 1. The zero-order valence-corrected chi connectivity index (χ0v) is 11.7. The first-order valence-electron chi connectivity index (χ1n) is 6.21. The number of hydrogen-bond donors (Lipinski definition) is 3. The maximum atomic E-state index is 12.0. The Morgan fingerprint density at radius 3 is 2.74 bits per heavy atom. The first-order chi connectivity index (χ1) is 8.84. The highest BCUT2D eigenvalue weighted by molar-refractivity contribution is 5.95. The lowest BCUT2D eigenvalue weighted by atomic mass is 10.0. The van der Waals surface area contributed by atoms with Gasteiger partial charge in [-0.15, -0.1) is 0 Å². The Hall–Kier alpha value is -1.59. The number of nitrogens with one attached hydrogen (secondary N) is 1. The highest BCUT2D eigenvalue weighted by Crippen LogP contribution is 2.12. The molecule has 19 heavy (non-hydrogen) atoms. The van der Waals surface area contributed by atoms with E-state index in [9.17, 15) is 9.90 Å². The van der Waals surface area contributed by atoms with E-state index in [1.165, 1.54) is 0 Å². The van der Waals surface area contributed by atoms with Gasteiger partial charge in [-0.3, -0.25) is 4.79 Å². The van der Waals surface area contributed by atoms with Crippen LogP contribution < -0.4 is 11.1 Å². The van der Waals surface area contributed by atoms with Crippen LogP contribution in [-0.2, 0) is 4.74 Å². The van der Waals surface area contributed by atoms with E-state index in [0.717, 1.165) is 5.56 Å². The molecule has 1 rings (SSSR count). The number of rotatable bonds is 6. The second-order valence-electron chi connectivity index (χ2n) is 5.05. The number of nitrogens with two attached hydrogens (primary N) is 1. The normalized spacial score (nSPS) is 13.9. The molecule has 0 heterocycles. The van der Waals surface area contributed by atoms with Crippen molar-refractivity contribution < 1.29 is 14.6 Å². The van der Waals surface area contributed by atoms with Gasteiger partial charge in [-0.1, -0.05) is 0 Å². The van der Waals surface area contributed by atoms with Crippen molar-refractivity contribution in [1.29, 1.82) is 0 Å². The van der Waals surface area contributed by atoms with Crippen molar-refractivity contribution in [2.75, 3.05) is 26.0 Å². The van der Waals surface area contributed by atoms with Gasteiger partial charge in [0.15, 0.2) is 0 Å². The molecule has 0 saturated heterocycles. The summed E-state index contributed by atoms with van der Waals surface area (Å²) in [6, 6.07) is 5.17. The van der Waals surface area contributed by atoms with E-state index in [0.29, 0.717) is 24.3 Å². The molecule has 1 amide bonds. The summed E-state index contributed by atoms with van der Waals surface area (Å²) in [4.78, 5) is 12.0. The van der Waals surface area contributed by atoms with E-state index >= 15 is 0 Å².